The molecular formula is C18H22N4O. The fourth-order valence-corrected chi connectivity index (χ4v) is 3.13. The van der Waals surface area contributed by atoms with Gasteiger partial charge in [0.25, 0.3) is 0 Å². The summed E-state index contributed by atoms with van der Waals surface area (Å²) in [5.41, 5.74) is 1.94. The lowest BCUT2D eigenvalue weighted by atomic mass is 10.1. The number of rotatable bonds is 5. The topological polar surface area (TPSA) is 56.3 Å². The smallest absolute Gasteiger partial charge is 0.208 e. The summed E-state index contributed by atoms with van der Waals surface area (Å²) in [7, 11) is 2.13. The number of aromatic nitrogens is 1. The van der Waals surface area contributed by atoms with Gasteiger partial charge < -0.3 is 4.42 Å². The van der Waals surface area contributed by atoms with Crippen LogP contribution in [0.3, 0.4) is 0 Å². The first kappa shape index (κ1) is 15.7. The maximum atomic E-state index is 8.99. The van der Waals surface area contributed by atoms with E-state index < -0.39 is 0 Å². The quantitative estimate of drug-likeness (QED) is 0.849. The van der Waals surface area contributed by atoms with Crippen LogP contribution in [0.5, 0.6) is 0 Å². The summed E-state index contributed by atoms with van der Waals surface area (Å²) in [6.45, 7) is 5.68. The molecule has 0 spiro atoms. The minimum absolute atomic E-state index is 0.515. The zero-order valence-corrected chi connectivity index (χ0v) is 13.7. The van der Waals surface area contributed by atoms with Gasteiger partial charge in [-0.15, -0.1) is 0 Å². The van der Waals surface area contributed by atoms with Crippen molar-refractivity contribution in [3.63, 3.8) is 0 Å². The van der Waals surface area contributed by atoms with E-state index in [0.29, 0.717) is 6.04 Å². The van der Waals surface area contributed by atoms with Gasteiger partial charge >= 0.3 is 0 Å². The fraction of sp³-hybridized carbons (Fsp3) is 0.444. The minimum atomic E-state index is 0.515. The number of oxazole rings is 1. The first-order valence-corrected chi connectivity index (χ1v) is 7.97. The van der Waals surface area contributed by atoms with Crippen LogP contribution in [0.15, 0.2) is 34.9 Å². The van der Waals surface area contributed by atoms with Crippen LogP contribution in [-0.4, -0.2) is 41.0 Å². The third-order valence-electron chi connectivity index (χ3n) is 4.39. The summed E-state index contributed by atoms with van der Waals surface area (Å²) in [5.74, 6) is 1.64. The second-order valence-electron chi connectivity index (χ2n) is 6.27. The van der Waals surface area contributed by atoms with Gasteiger partial charge in [-0.2, -0.15) is 5.26 Å². The molecule has 0 amide bonds. The third kappa shape index (κ3) is 3.98. The molecule has 1 aromatic carbocycles. The number of aryl methyl sites for hydroxylation is 1. The molecule has 1 aliphatic heterocycles. The van der Waals surface area contributed by atoms with E-state index in [1.54, 1.807) is 6.20 Å². The Bertz CT molecular complexity index is 703. The van der Waals surface area contributed by atoms with Gasteiger partial charge in [0.2, 0.25) is 5.89 Å². The number of likely N-dealkylation sites (N-methyl/N-ethyl adjacent to an activating group) is 1. The van der Waals surface area contributed by atoms with E-state index >= 15 is 0 Å². The molecule has 1 saturated heterocycles. The number of hydrogen-bond acceptors (Lipinski definition) is 5. The second-order valence-corrected chi connectivity index (χ2v) is 6.27. The molecule has 1 aliphatic rings. The Labute approximate surface area is 137 Å². The molecule has 1 aromatic heterocycles. The van der Waals surface area contributed by atoms with Crippen LogP contribution in [0.2, 0.25) is 0 Å². The predicted octanol–water partition coefficient (Wildman–Crippen LogP) is 2.56. The molecule has 5 heteroatoms. The van der Waals surface area contributed by atoms with Crippen LogP contribution in [-0.2, 0) is 13.1 Å². The summed E-state index contributed by atoms with van der Waals surface area (Å²) >= 11 is 0. The highest BCUT2D eigenvalue weighted by Crippen LogP contribution is 2.19. The van der Waals surface area contributed by atoms with Gasteiger partial charge in [-0.3, -0.25) is 9.80 Å². The van der Waals surface area contributed by atoms with E-state index in [4.69, 9.17) is 9.68 Å². The van der Waals surface area contributed by atoms with Crippen LogP contribution in [0.1, 0.15) is 29.2 Å². The second kappa shape index (κ2) is 6.95. The molecule has 23 heavy (non-hydrogen) atoms. The molecule has 120 valence electrons. The van der Waals surface area contributed by atoms with E-state index in [1.807, 2.05) is 25.1 Å². The maximum absolute atomic E-state index is 8.99. The van der Waals surface area contributed by atoms with Crippen LogP contribution < -0.4 is 0 Å². The number of nitrogens with zero attached hydrogens (tertiary/aromatic N) is 4. The lowest BCUT2D eigenvalue weighted by molar-refractivity contribution is 0.204. The van der Waals surface area contributed by atoms with Crippen molar-refractivity contribution >= 4 is 0 Å². The molecule has 0 saturated carbocycles. The van der Waals surface area contributed by atoms with Gasteiger partial charge in [-0.1, -0.05) is 12.1 Å². The highest BCUT2D eigenvalue weighted by atomic mass is 16.4. The van der Waals surface area contributed by atoms with Gasteiger partial charge in [0, 0.05) is 25.7 Å². The van der Waals surface area contributed by atoms with Crippen LogP contribution >= 0.6 is 0 Å². The fourth-order valence-electron chi connectivity index (χ4n) is 3.13. The lowest BCUT2D eigenvalue weighted by Crippen LogP contribution is -2.34. The molecule has 3 rings (SSSR count). The summed E-state index contributed by atoms with van der Waals surface area (Å²) in [5, 5.41) is 8.99. The maximum Gasteiger partial charge on any atom is 0.208 e. The molecular weight excluding hydrogens is 288 g/mol. The van der Waals surface area contributed by atoms with Crippen molar-refractivity contribution in [2.24, 2.45) is 0 Å². The van der Waals surface area contributed by atoms with Gasteiger partial charge in [-0.25, -0.2) is 4.98 Å². The zero-order chi connectivity index (χ0) is 16.2. The number of likely N-dealkylation sites (tertiary alicyclic amines) is 1. The Hall–Kier alpha value is -2.16. The van der Waals surface area contributed by atoms with Gasteiger partial charge in [0.05, 0.1) is 24.4 Å². The van der Waals surface area contributed by atoms with Crippen LogP contribution in [0, 0.1) is 18.3 Å². The van der Waals surface area contributed by atoms with Crippen molar-refractivity contribution in [2.45, 2.75) is 32.5 Å². The molecule has 2 heterocycles. The third-order valence-corrected chi connectivity index (χ3v) is 4.39. The molecule has 0 bridgehead atoms. The van der Waals surface area contributed by atoms with E-state index in [9.17, 15) is 0 Å². The first-order chi connectivity index (χ1) is 11.1. The molecule has 1 atom stereocenters. The monoisotopic (exact) mass is 310 g/mol. The molecule has 1 unspecified atom stereocenters. The predicted molar refractivity (Wildman–Crippen MR) is 87.5 cm³/mol. The minimum Gasteiger partial charge on any atom is -0.445 e. The van der Waals surface area contributed by atoms with Crippen molar-refractivity contribution in [3.8, 4) is 6.07 Å². The van der Waals surface area contributed by atoms with Gasteiger partial charge in [0.1, 0.15) is 5.76 Å². The first-order valence-electron chi connectivity index (χ1n) is 7.97. The average Bonchev–Trinajstić information content (AvgIpc) is 3.17. The number of hydrogen-bond donors (Lipinski definition) is 0. The van der Waals surface area contributed by atoms with Crippen molar-refractivity contribution in [1.82, 2.24) is 14.8 Å². The van der Waals surface area contributed by atoms with Crippen molar-refractivity contribution in [1.29, 1.82) is 5.26 Å². The van der Waals surface area contributed by atoms with E-state index in [1.165, 1.54) is 5.56 Å². The molecule has 1 fully saturated rings. The number of nitriles is 1. The summed E-state index contributed by atoms with van der Waals surface area (Å²) in [4.78, 5) is 9.04. The highest BCUT2D eigenvalue weighted by Gasteiger charge is 2.26. The highest BCUT2D eigenvalue weighted by molar-refractivity contribution is 5.32. The van der Waals surface area contributed by atoms with Gasteiger partial charge in [0.15, 0.2) is 0 Å². The molecule has 2 aromatic rings. The van der Waals surface area contributed by atoms with Crippen molar-refractivity contribution in [3.05, 3.63) is 53.2 Å². The van der Waals surface area contributed by atoms with Crippen LogP contribution in [0.4, 0.5) is 0 Å². The Balaban J connectivity index is 1.54. The average molecular weight is 310 g/mol. The number of benzene rings is 1. The molecule has 5 nitrogen and oxygen atoms in total. The van der Waals surface area contributed by atoms with Crippen molar-refractivity contribution in [2.75, 3.05) is 20.1 Å². The van der Waals surface area contributed by atoms with Crippen LogP contribution in [0.25, 0.3) is 0 Å². The van der Waals surface area contributed by atoms with E-state index in [-0.39, 0.29) is 0 Å². The SMILES string of the molecule is Cc1cnc(CN(C)C2CCN(Cc3cccc(C#N)c3)C2)o1. The Kier molecular flexibility index (Phi) is 4.75. The summed E-state index contributed by atoms with van der Waals surface area (Å²) in [6, 6.07) is 10.6. The van der Waals surface area contributed by atoms with E-state index in [0.717, 1.165) is 49.8 Å². The summed E-state index contributed by atoms with van der Waals surface area (Å²) < 4.78 is 5.56. The van der Waals surface area contributed by atoms with E-state index in [2.05, 4.69) is 34.0 Å². The molecule has 0 radical (unpaired) electrons. The van der Waals surface area contributed by atoms with Crippen molar-refractivity contribution < 1.29 is 4.42 Å². The largest absolute Gasteiger partial charge is 0.445 e. The Morgan fingerprint density at radius 1 is 1.48 bits per heavy atom. The normalized spacial score (nSPS) is 18.4. The molecule has 0 N–H and O–H groups in total. The molecule has 0 aliphatic carbocycles. The standard InChI is InChI=1S/C18H22N4O/c1-14-10-20-18(23-14)13-21(2)17-6-7-22(12-17)11-16-5-3-4-15(8-16)9-19/h3-5,8,10,17H,6-7,11-13H2,1-2H3. The lowest BCUT2D eigenvalue weighted by Gasteiger charge is -2.23. The zero-order valence-electron chi connectivity index (χ0n) is 13.7. The van der Waals surface area contributed by atoms with Gasteiger partial charge in [-0.05, 0) is 38.1 Å². The Morgan fingerprint density at radius 3 is 3.09 bits per heavy atom. The Morgan fingerprint density at radius 2 is 2.35 bits per heavy atom. The summed E-state index contributed by atoms with van der Waals surface area (Å²) in [6.07, 6.45) is 2.92.